The van der Waals surface area contributed by atoms with Crippen molar-refractivity contribution in [3.63, 3.8) is 0 Å². The van der Waals surface area contributed by atoms with Crippen molar-refractivity contribution < 1.29 is 37.0 Å². The van der Waals surface area contributed by atoms with Gasteiger partial charge in [0.25, 0.3) is 5.91 Å². The summed E-state index contributed by atoms with van der Waals surface area (Å²) in [6, 6.07) is 4.72. The lowest BCUT2D eigenvalue weighted by Gasteiger charge is -2.38. The zero-order valence-corrected chi connectivity index (χ0v) is 17.6. The number of pyridine rings is 1. The van der Waals surface area contributed by atoms with Gasteiger partial charge in [0.05, 0.1) is 29.8 Å². The highest BCUT2D eigenvalue weighted by atomic mass is 19.4. The number of alkyl halides is 4. The van der Waals surface area contributed by atoms with E-state index < -0.39 is 48.3 Å². The van der Waals surface area contributed by atoms with Gasteiger partial charge in [0, 0.05) is 36.8 Å². The zero-order chi connectivity index (χ0) is 23.9. The van der Waals surface area contributed by atoms with Gasteiger partial charge in [-0.05, 0) is 31.2 Å². The molecule has 12 heteroatoms. The minimum atomic E-state index is -4.56. The van der Waals surface area contributed by atoms with E-state index in [2.05, 4.69) is 10.3 Å². The summed E-state index contributed by atoms with van der Waals surface area (Å²) in [6.45, 7) is 1.95. The number of carbonyl (C=O) groups is 2. The molecular weight excluding hydrogens is 448 g/mol. The van der Waals surface area contributed by atoms with Crippen LogP contribution in [0.25, 0.3) is 10.9 Å². The van der Waals surface area contributed by atoms with Crippen molar-refractivity contribution in [1.82, 2.24) is 15.2 Å². The second kappa shape index (κ2) is 8.65. The van der Waals surface area contributed by atoms with Crippen LogP contribution in [0.2, 0.25) is 0 Å². The van der Waals surface area contributed by atoms with Gasteiger partial charge >= 0.3 is 12.3 Å². The highest BCUT2D eigenvalue weighted by Gasteiger charge is 2.39. The minimum absolute atomic E-state index is 0.0555. The summed E-state index contributed by atoms with van der Waals surface area (Å²) in [6.07, 6.45) is -7.95. The number of carbonyl (C=O) groups excluding carboxylic acids is 1. The summed E-state index contributed by atoms with van der Waals surface area (Å²) >= 11 is 0. The Morgan fingerprint density at radius 2 is 1.97 bits per heavy atom. The van der Waals surface area contributed by atoms with Crippen LogP contribution in [0.5, 0.6) is 0 Å². The summed E-state index contributed by atoms with van der Waals surface area (Å²) in [7, 11) is 0. The van der Waals surface area contributed by atoms with Gasteiger partial charge < -0.3 is 20.1 Å². The molecule has 2 unspecified atom stereocenters. The van der Waals surface area contributed by atoms with E-state index in [0.29, 0.717) is 22.5 Å². The first-order chi connectivity index (χ1) is 15.5. The predicted octanol–water partition coefficient (Wildman–Crippen LogP) is 3.01. The Bertz CT molecular complexity index is 1070. The number of halogens is 4. The topological polar surface area (TPSA) is 95.0 Å². The Morgan fingerprint density at radius 1 is 1.21 bits per heavy atom. The average molecular weight is 470 g/mol. The number of carboxylic acid groups (broad SMARTS) is 1. The molecule has 0 radical (unpaired) electrons. The first kappa shape index (κ1) is 23.0. The number of morpholine rings is 1. The summed E-state index contributed by atoms with van der Waals surface area (Å²) in [5, 5.41) is 11.9. The minimum Gasteiger partial charge on any atom is -0.465 e. The number of anilines is 1. The summed E-state index contributed by atoms with van der Waals surface area (Å²) in [4.78, 5) is 30.1. The third kappa shape index (κ3) is 4.65. The normalized spacial score (nSPS) is 26.0. The monoisotopic (exact) mass is 470 g/mol. The van der Waals surface area contributed by atoms with E-state index in [-0.39, 0.29) is 25.0 Å². The number of nitrogens with one attached hydrogen (secondary N) is 1. The van der Waals surface area contributed by atoms with Gasteiger partial charge in [-0.3, -0.25) is 14.7 Å². The molecule has 2 aliphatic heterocycles. The van der Waals surface area contributed by atoms with Gasteiger partial charge in [-0.25, -0.2) is 9.18 Å². The molecule has 2 N–H and O–H groups in total. The van der Waals surface area contributed by atoms with Crippen LogP contribution >= 0.6 is 0 Å². The molecule has 3 heterocycles. The van der Waals surface area contributed by atoms with E-state index in [4.69, 9.17) is 9.84 Å². The van der Waals surface area contributed by atoms with Crippen molar-refractivity contribution in [2.24, 2.45) is 0 Å². The molecule has 2 aliphatic rings. The molecule has 33 heavy (non-hydrogen) atoms. The first-order valence-corrected chi connectivity index (χ1v) is 10.3. The Morgan fingerprint density at radius 3 is 2.64 bits per heavy atom. The maximum absolute atomic E-state index is 13.9. The van der Waals surface area contributed by atoms with Crippen molar-refractivity contribution in [2.75, 3.05) is 24.5 Å². The summed E-state index contributed by atoms with van der Waals surface area (Å²) in [5.74, 6) is -0.537. The lowest BCUT2D eigenvalue weighted by atomic mass is 10.0. The fourth-order valence-electron chi connectivity index (χ4n) is 4.34. The standard InChI is InChI=1S/C21H22F4N4O4/c1-11-8-28(15-5-4-14(21(23,24)25)18-13(15)3-2-6-26-18)10-16(33-11)19(30)27-12-7-17(22)29(9-12)20(31)32/h2-6,11-12,16-17H,7-10H2,1H3,(H,27,30)(H,31,32)/t11-,12?,16-,17?/m1/s1. The van der Waals surface area contributed by atoms with Crippen molar-refractivity contribution in [1.29, 1.82) is 0 Å². The molecule has 2 aromatic rings. The number of likely N-dealkylation sites (tertiary alicyclic amines) is 1. The van der Waals surface area contributed by atoms with Crippen LogP contribution in [0.3, 0.4) is 0 Å². The molecule has 0 bridgehead atoms. The van der Waals surface area contributed by atoms with Crippen LogP contribution in [0, 0.1) is 0 Å². The number of hydrogen-bond acceptors (Lipinski definition) is 5. The number of amides is 2. The molecule has 8 nitrogen and oxygen atoms in total. The van der Waals surface area contributed by atoms with Gasteiger partial charge in [-0.1, -0.05) is 0 Å². The molecule has 2 amide bonds. The number of hydrogen-bond donors (Lipinski definition) is 2. The molecule has 0 spiro atoms. The number of aromatic nitrogens is 1. The maximum Gasteiger partial charge on any atom is 0.418 e. The van der Waals surface area contributed by atoms with E-state index in [1.54, 1.807) is 24.0 Å². The number of fused-ring (bicyclic) bond motifs is 1. The quantitative estimate of drug-likeness (QED) is 0.529. The second-order valence-corrected chi connectivity index (χ2v) is 8.18. The Hall–Kier alpha value is -3.15. The third-order valence-electron chi connectivity index (χ3n) is 5.77. The third-order valence-corrected chi connectivity index (χ3v) is 5.77. The fraction of sp³-hybridized carbons (Fsp3) is 0.476. The maximum atomic E-state index is 13.9. The first-order valence-electron chi connectivity index (χ1n) is 10.3. The van der Waals surface area contributed by atoms with Crippen LogP contribution in [-0.2, 0) is 15.7 Å². The largest absolute Gasteiger partial charge is 0.465 e. The van der Waals surface area contributed by atoms with Crippen molar-refractivity contribution >= 4 is 28.6 Å². The molecule has 178 valence electrons. The van der Waals surface area contributed by atoms with Crippen molar-refractivity contribution in [3.8, 4) is 0 Å². The van der Waals surface area contributed by atoms with Crippen LogP contribution in [0.15, 0.2) is 30.5 Å². The molecule has 0 saturated carbocycles. The fourth-order valence-corrected chi connectivity index (χ4v) is 4.34. The van der Waals surface area contributed by atoms with E-state index in [9.17, 15) is 27.2 Å². The lowest BCUT2D eigenvalue weighted by Crippen LogP contribution is -2.54. The highest BCUT2D eigenvalue weighted by Crippen LogP contribution is 2.38. The summed E-state index contributed by atoms with van der Waals surface area (Å²) < 4.78 is 59.9. The molecule has 4 rings (SSSR count). The van der Waals surface area contributed by atoms with Gasteiger partial charge in [0.2, 0.25) is 0 Å². The van der Waals surface area contributed by atoms with Gasteiger partial charge in [-0.2, -0.15) is 13.2 Å². The number of nitrogens with zero attached hydrogens (tertiary/aromatic N) is 3. The van der Waals surface area contributed by atoms with Crippen LogP contribution < -0.4 is 10.2 Å². The number of ether oxygens (including phenoxy) is 1. The molecular formula is C21H22F4N4O4. The molecule has 2 fully saturated rings. The van der Waals surface area contributed by atoms with Crippen LogP contribution in [0.4, 0.5) is 28.0 Å². The number of rotatable bonds is 3. The molecule has 1 aromatic heterocycles. The lowest BCUT2D eigenvalue weighted by molar-refractivity contribution is -0.138. The van der Waals surface area contributed by atoms with Crippen LogP contribution in [-0.4, -0.2) is 71.2 Å². The van der Waals surface area contributed by atoms with Gasteiger partial charge in [0.15, 0.2) is 12.4 Å². The van der Waals surface area contributed by atoms with Crippen LogP contribution in [0.1, 0.15) is 18.9 Å². The Labute approximate surface area is 186 Å². The highest BCUT2D eigenvalue weighted by molar-refractivity contribution is 5.94. The van der Waals surface area contributed by atoms with Gasteiger partial charge in [0.1, 0.15) is 0 Å². The molecule has 2 saturated heterocycles. The zero-order valence-electron chi connectivity index (χ0n) is 17.6. The average Bonchev–Trinajstić information content (AvgIpc) is 3.12. The smallest absolute Gasteiger partial charge is 0.418 e. The van der Waals surface area contributed by atoms with E-state index in [0.717, 1.165) is 6.07 Å². The van der Waals surface area contributed by atoms with E-state index in [1.807, 2.05) is 0 Å². The molecule has 1 aromatic carbocycles. The van der Waals surface area contributed by atoms with Gasteiger partial charge in [-0.15, -0.1) is 0 Å². The van der Waals surface area contributed by atoms with Crippen molar-refractivity contribution in [3.05, 3.63) is 36.0 Å². The van der Waals surface area contributed by atoms with E-state index >= 15 is 0 Å². The molecule has 4 atom stereocenters. The SMILES string of the molecule is C[C@@H]1CN(c2ccc(C(F)(F)F)c3ncccc23)C[C@H](C(=O)NC2CC(F)N(C(=O)O)C2)O1. The van der Waals surface area contributed by atoms with Crippen molar-refractivity contribution in [2.45, 2.75) is 44.1 Å². The molecule has 0 aliphatic carbocycles. The predicted molar refractivity (Wildman–Crippen MR) is 109 cm³/mol. The summed E-state index contributed by atoms with van der Waals surface area (Å²) in [5.41, 5.74) is -0.542. The second-order valence-electron chi connectivity index (χ2n) is 8.18. The Balaban J connectivity index is 1.54. The number of benzene rings is 1. The Kier molecular flexibility index (Phi) is 6.04. The van der Waals surface area contributed by atoms with E-state index in [1.165, 1.54) is 12.3 Å².